The van der Waals surface area contributed by atoms with Crippen LogP contribution in [0.3, 0.4) is 0 Å². The second-order valence-electron chi connectivity index (χ2n) is 7.31. The molecule has 172 valence electrons. The fourth-order valence-electron chi connectivity index (χ4n) is 3.61. The maximum atomic E-state index is 12.9. The Balaban J connectivity index is 0.00000420. The summed E-state index contributed by atoms with van der Waals surface area (Å²) in [4.78, 5) is 29.3. The molecule has 0 unspecified atom stereocenters. The second-order valence-corrected chi connectivity index (χ2v) is 7.31. The summed E-state index contributed by atoms with van der Waals surface area (Å²) >= 11 is 0. The summed E-state index contributed by atoms with van der Waals surface area (Å²) < 4.78 is 5.10. The predicted octanol–water partition coefficient (Wildman–Crippen LogP) is 2.18. The molecule has 30 heavy (non-hydrogen) atoms. The number of methoxy groups -OCH3 is 1. The SMILES string of the molecule is CCC(CC)(CN)C(=O)N1CCN(CCNC(=O)c2ccc(OC)cc2)CC1.Cl.Cl. The number of halogens is 2. The Morgan fingerprint density at radius 2 is 1.63 bits per heavy atom. The number of piperazine rings is 1. The zero-order chi connectivity index (χ0) is 20.6. The third-order valence-electron chi connectivity index (χ3n) is 5.92. The van der Waals surface area contributed by atoms with Gasteiger partial charge in [0.1, 0.15) is 5.75 Å². The molecule has 1 heterocycles. The van der Waals surface area contributed by atoms with E-state index in [-0.39, 0.29) is 36.6 Å². The van der Waals surface area contributed by atoms with E-state index in [1.54, 1.807) is 31.4 Å². The molecule has 2 rings (SSSR count). The van der Waals surface area contributed by atoms with E-state index in [4.69, 9.17) is 10.5 Å². The topological polar surface area (TPSA) is 87.9 Å². The third-order valence-corrected chi connectivity index (χ3v) is 5.92. The minimum absolute atomic E-state index is 0. The van der Waals surface area contributed by atoms with Crippen molar-refractivity contribution in [3.8, 4) is 5.75 Å². The molecule has 1 fully saturated rings. The summed E-state index contributed by atoms with van der Waals surface area (Å²) in [6.45, 7) is 8.89. The number of rotatable bonds is 9. The second kappa shape index (κ2) is 13.7. The Morgan fingerprint density at radius 1 is 1.07 bits per heavy atom. The summed E-state index contributed by atoms with van der Waals surface area (Å²) in [5.74, 6) is 0.830. The van der Waals surface area contributed by atoms with Gasteiger partial charge in [-0.1, -0.05) is 13.8 Å². The van der Waals surface area contributed by atoms with Gasteiger partial charge in [0.15, 0.2) is 0 Å². The minimum atomic E-state index is -0.422. The zero-order valence-electron chi connectivity index (χ0n) is 18.2. The molecule has 0 aromatic heterocycles. The number of hydrogen-bond donors (Lipinski definition) is 2. The number of ether oxygens (including phenoxy) is 1. The Morgan fingerprint density at radius 3 is 2.10 bits per heavy atom. The van der Waals surface area contributed by atoms with Gasteiger partial charge in [-0.25, -0.2) is 0 Å². The Kier molecular flexibility index (Phi) is 13.0. The number of nitrogens with zero attached hydrogens (tertiary/aromatic N) is 2. The molecular weight excluding hydrogens is 427 g/mol. The molecule has 0 atom stereocenters. The highest BCUT2D eigenvalue weighted by Gasteiger charge is 2.37. The van der Waals surface area contributed by atoms with E-state index in [0.29, 0.717) is 31.7 Å². The summed E-state index contributed by atoms with van der Waals surface area (Å²) in [6.07, 6.45) is 1.55. The van der Waals surface area contributed by atoms with E-state index >= 15 is 0 Å². The van der Waals surface area contributed by atoms with Gasteiger partial charge in [0.05, 0.1) is 12.5 Å². The van der Waals surface area contributed by atoms with Crippen molar-refractivity contribution < 1.29 is 14.3 Å². The van der Waals surface area contributed by atoms with E-state index in [9.17, 15) is 9.59 Å². The average molecular weight is 463 g/mol. The number of carbonyl (C=O) groups excluding carboxylic acids is 2. The maximum Gasteiger partial charge on any atom is 0.251 e. The predicted molar refractivity (Wildman–Crippen MR) is 125 cm³/mol. The summed E-state index contributed by atoms with van der Waals surface area (Å²) in [7, 11) is 1.60. The molecule has 0 spiro atoms. The largest absolute Gasteiger partial charge is 0.497 e. The van der Waals surface area contributed by atoms with Crippen LogP contribution in [-0.4, -0.2) is 74.5 Å². The van der Waals surface area contributed by atoms with Gasteiger partial charge in [0, 0.05) is 51.4 Å². The number of benzene rings is 1. The van der Waals surface area contributed by atoms with Crippen LogP contribution in [-0.2, 0) is 4.79 Å². The average Bonchev–Trinajstić information content (AvgIpc) is 2.75. The fourth-order valence-corrected chi connectivity index (χ4v) is 3.61. The monoisotopic (exact) mass is 462 g/mol. The smallest absolute Gasteiger partial charge is 0.251 e. The van der Waals surface area contributed by atoms with Gasteiger partial charge in [-0.2, -0.15) is 0 Å². The maximum absolute atomic E-state index is 12.9. The zero-order valence-corrected chi connectivity index (χ0v) is 19.8. The highest BCUT2D eigenvalue weighted by atomic mass is 35.5. The van der Waals surface area contributed by atoms with Gasteiger partial charge in [0.2, 0.25) is 5.91 Å². The molecule has 0 saturated carbocycles. The van der Waals surface area contributed by atoms with Crippen molar-refractivity contribution in [3.63, 3.8) is 0 Å². The molecule has 1 aromatic rings. The van der Waals surface area contributed by atoms with Crippen LogP contribution in [0.4, 0.5) is 0 Å². The summed E-state index contributed by atoms with van der Waals surface area (Å²) in [5.41, 5.74) is 6.11. The third kappa shape index (κ3) is 7.01. The fraction of sp³-hybridized carbons (Fsp3) is 0.619. The van der Waals surface area contributed by atoms with Gasteiger partial charge in [-0.3, -0.25) is 14.5 Å². The van der Waals surface area contributed by atoms with Crippen molar-refractivity contribution >= 4 is 36.6 Å². The van der Waals surface area contributed by atoms with Crippen molar-refractivity contribution in [2.75, 3.05) is 52.9 Å². The van der Waals surface area contributed by atoms with Crippen molar-refractivity contribution in [1.82, 2.24) is 15.1 Å². The molecule has 7 nitrogen and oxygen atoms in total. The Labute approximate surface area is 192 Å². The van der Waals surface area contributed by atoms with Crippen molar-refractivity contribution in [2.24, 2.45) is 11.1 Å². The van der Waals surface area contributed by atoms with Gasteiger partial charge in [0.25, 0.3) is 5.91 Å². The van der Waals surface area contributed by atoms with Crippen LogP contribution in [0.15, 0.2) is 24.3 Å². The Bertz CT molecular complexity index is 638. The first-order chi connectivity index (χ1) is 13.5. The lowest BCUT2D eigenvalue weighted by Crippen LogP contribution is -2.55. The van der Waals surface area contributed by atoms with Crippen LogP contribution in [0.2, 0.25) is 0 Å². The van der Waals surface area contributed by atoms with E-state index in [0.717, 1.165) is 38.2 Å². The van der Waals surface area contributed by atoms with E-state index in [1.807, 2.05) is 18.7 Å². The highest BCUT2D eigenvalue weighted by molar-refractivity contribution is 5.94. The first-order valence-corrected chi connectivity index (χ1v) is 10.1. The van der Waals surface area contributed by atoms with Crippen molar-refractivity contribution in [2.45, 2.75) is 26.7 Å². The van der Waals surface area contributed by atoms with Crippen molar-refractivity contribution in [3.05, 3.63) is 29.8 Å². The molecule has 0 bridgehead atoms. The molecule has 2 amide bonds. The van der Waals surface area contributed by atoms with Crippen LogP contribution < -0.4 is 15.8 Å². The van der Waals surface area contributed by atoms with Crippen LogP contribution in [0, 0.1) is 5.41 Å². The van der Waals surface area contributed by atoms with Crippen LogP contribution in [0.1, 0.15) is 37.0 Å². The molecule has 1 aromatic carbocycles. The lowest BCUT2D eigenvalue weighted by atomic mass is 9.81. The molecule has 9 heteroatoms. The molecule has 0 aliphatic carbocycles. The number of nitrogens with one attached hydrogen (secondary N) is 1. The molecule has 1 saturated heterocycles. The molecule has 0 radical (unpaired) electrons. The van der Waals surface area contributed by atoms with Crippen LogP contribution >= 0.6 is 24.8 Å². The van der Waals surface area contributed by atoms with Crippen LogP contribution in [0.5, 0.6) is 5.75 Å². The normalized spacial score (nSPS) is 14.3. The van der Waals surface area contributed by atoms with Gasteiger partial charge < -0.3 is 20.7 Å². The van der Waals surface area contributed by atoms with Gasteiger partial charge in [-0.15, -0.1) is 24.8 Å². The van der Waals surface area contributed by atoms with Gasteiger partial charge in [-0.05, 0) is 37.1 Å². The summed E-state index contributed by atoms with van der Waals surface area (Å²) in [5, 5.41) is 2.95. The quantitative estimate of drug-likeness (QED) is 0.586. The highest BCUT2D eigenvalue weighted by Crippen LogP contribution is 2.28. The number of hydrogen-bond acceptors (Lipinski definition) is 5. The number of amides is 2. The lowest BCUT2D eigenvalue weighted by molar-refractivity contribution is -0.144. The molecule has 1 aliphatic rings. The molecule has 1 aliphatic heterocycles. The van der Waals surface area contributed by atoms with Gasteiger partial charge >= 0.3 is 0 Å². The first-order valence-electron chi connectivity index (χ1n) is 10.1. The molecular formula is C21H36Cl2N4O3. The van der Waals surface area contributed by atoms with Crippen LogP contribution in [0.25, 0.3) is 0 Å². The summed E-state index contributed by atoms with van der Waals surface area (Å²) in [6, 6.07) is 7.06. The lowest BCUT2D eigenvalue weighted by Gasteiger charge is -2.40. The molecule has 3 N–H and O–H groups in total. The number of nitrogens with two attached hydrogens (primary N) is 1. The van der Waals surface area contributed by atoms with E-state index in [1.165, 1.54) is 0 Å². The van der Waals surface area contributed by atoms with Crippen molar-refractivity contribution in [1.29, 1.82) is 0 Å². The standard InChI is InChI=1S/C21H34N4O3.2ClH/c1-4-21(5-2,16-22)20(27)25-14-12-24(13-15-25)11-10-23-19(26)17-6-8-18(28-3)9-7-17;;/h6-9H,4-5,10-16,22H2,1-3H3,(H,23,26);2*1H. The van der Waals surface area contributed by atoms with E-state index in [2.05, 4.69) is 10.2 Å². The Hall–Kier alpha value is -1.54. The van der Waals surface area contributed by atoms with E-state index < -0.39 is 5.41 Å². The first kappa shape index (κ1) is 28.5. The number of carbonyl (C=O) groups is 2. The minimum Gasteiger partial charge on any atom is -0.497 e.